The van der Waals surface area contributed by atoms with E-state index < -0.39 is 17.2 Å². The lowest BCUT2D eigenvalue weighted by atomic mass is 9.76. The quantitative estimate of drug-likeness (QED) is 0.400. The molecule has 0 atom stereocenters. The first-order valence-electron chi connectivity index (χ1n) is 7.62. The zero-order valence-electron chi connectivity index (χ0n) is 13.2. The summed E-state index contributed by atoms with van der Waals surface area (Å²) in [5.41, 5.74) is -1.43. The molecule has 1 N–H and O–H groups in total. The van der Waals surface area contributed by atoms with E-state index in [4.69, 9.17) is 20.4 Å². The summed E-state index contributed by atoms with van der Waals surface area (Å²) in [6.45, 7) is 0. The Morgan fingerprint density at radius 3 is 2.65 bits per heavy atom. The van der Waals surface area contributed by atoms with Crippen molar-refractivity contribution in [3.05, 3.63) is 40.3 Å². The van der Waals surface area contributed by atoms with Crippen LogP contribution in [0.3, 0.4) is 0 Å². The number of hydrogen-bond acceptors (Lipinski definition) is 5. The molecule has 11 heteroatoms. The minimum atomic E-state index is -2.37. The average Bonchev–Trinajstić information content (AvgIpc) is 3.30. The first kappa shape index (κ1) is 17.4. The van der Waals surface area contributed by atoms with Crippen molar-refractivity contribution in [3.8, 4) is 17.1 Å². The topological polar surface area (TPSA) is 72.5 Å². The average molecular weight is 417 g/mol. The molecule has 3 aromatic heterocycles. The van der Waals surface area contributed by atoms with Crippen molar-refractivity contribution < 1.29 is 18.6 Å². The number of halogens is 3. The van der Waals surface area contributed by atoms with Gasteiger partial charge in [-0.1, -0.05) is 0 Å². The van der Waals surface area contributed by atoms with Gasteiger partial charge >= 0.3 is 0 Å². The zero-order chi connectivity index (χ0) is 18.6. The molecule has 26 heavy (non-hydrogen) atoms. The van der Waals surface area contributed by atoms with Gasteiger partial charge in [0, 0.05) is 18.1 Å². The van der Waals surface area contributed by atoms with Crippen molar-refractivity contribution in [2.45, 2.75) is 24.3 Å². The summed E-state index contributed by atoms with van der Waals surface area (Å²) in [6, 6.07) is 2.22. The summed E-state index contributed by atoms with van der Waals surface area (Å²) in [5.74, 6) is -1.36. The van der Waals surface area contributed by atoms with E-state index in [2.05, 4.69) is 31.0 Å². The fraction of sp³-hybridized carbons (Fsp3) is 0.267. The van der Waals surface area contributed by atoms with Crippen LogP contribution in [0.15, 0.2) is 22.9 Å². The van der Waals surface area contributed by atoms with Crippen LogP contribution in [0.2, 0.25) is 0 Å². The van der Waals surface area contributed by atoms with Crippen LogP contribution in [0.5, 0.6) is 5.75 Å². The molecule has 0 spiro atoms. The van der Waals surface area contributed by atoms with Crippen molar-refractivity contribution in [1.82, 2.24) is 19.6 Å². The van der Waals surface area contributed by atoms with Gasteiger partial charge in [-0.2, -0.15) is 5.10 Å². The molecular weight excluding hydrogens is 408 g/mol. The molecule has 1 aliphatic rings. The third-order valence-corrected chi connectivity index (χ3v) is 4.41. The summed E-state index contributed by atoms with van der Waals surface area (Å²) >= 11 is 2.94. The molecule has 6 nitrogen and oxygen atoms in total. The Hall–Kier alpha value is -2.00. The Morgan fingerprint density at radius 2 is 2.00 bits per heavy atom. The van der Waals surface area contributed by atoms with Gasteiger partial charge in [0.05, 0.1) is 6.20 Å². The number of fused-ring (bicyclic) bond motifs is 1. The van der Waals surface area contributed by atoms with Gasteiger partial charge in [-0.05, 0) is 28.8 Å². The van der Waals surface area contributed by atoms with Gasteiger partial charge in [-0.25, -0.2) is 23.3 Å². The summed E-state index contributed by atoms with van der Waals surface area (Å²) in [6.07, 6.45) is 3.11. The van der Waals surface area contributed by atoms with Crippen LogP contribution >= 0.6 is 15.9 Å². The van der Waals surface area contributed by atoms with E-state index in [1.165, 1.54) is 16.8 Å². The number of aromatic nitrogens is 4. The van der Waals surface area contributed by atoms with E-state index in [9.17, 15) is 13.9 Å². The minimum absolute atomic E-state index is 0.102. The lowest BCUT2D eigenvalue weighted by Crippen LogP contribution is -2.37. The fourth-order valence-corrected chi connectivity index (χ4v) is 2.89. The summed E-state index contributed by atoms with van der Waals surface area (Å²) in [7, 11) is 10.6. The largest absolute Gasteiger partial charge is 0.480 e. The molecule has 0 saturated heterocycles. The normalized spacial score (nSPS) is 14.8. The molecule has 4 radical (unpaired) electrons. The molecule has 0 unspecified atom stereocenters. The summed E-state index contributed by atoms with van der Waals surface area (Å²) in [5, 5.41) is 14.0. The molecule has 128 valence electrons. The molecule has 1 fully saturated rings. The number of hydrogen-bond donors (Lipinski definition) is 1. The van der Waals surface area contributed by atoms with Crippen LogP contribution in [-0.2, 0) is 0 Å². The standard InChI is InChI=1S/C15H9B2BrF2N4O2/c16-15(17,25)26-10-4-11-21-5-9(24(11)23-12(10)6-1-2-6)13-7(19)3-8(20)14(18)22-13/h3-6,25H,1-2H2. The van der Waals surface area contributed by atoms with E-state index in [1.807, 2.05) is 0 Å². The number of rotatable bonds is 4. The van der Waals surface area contributed by atoms with E-state index in [0.29, 0.717) is 11.3 Å². The zero-order valence-corrected chi connectivity index (χ0v) is 14.7. The Labute approximate surface area is 157 Å². The Morgan fingerprint density at radius 1 is 1.27 bits per heavy atom. The van der Waals surface area contributed by atoms with Gasteiger partial charge in [0.1, 0.15) is 33.0 Å². The van der Waals surface area contributed by atoms with Crippen molar-refractivity contribution in [1.29, 1.82) is 0 Å². The highest BCUT2D eigenvalue weighted by atomic mass is 79.9. The van der Waals surface area contributed by atoms with Gasteiger partial charge in [-0.3, -0.25) is 0 Å². The monoisotopic (exact) mass is 416 g/mol. The van der Waals surface area contributed by atoms with E-state index in [1.54, 1.807) is 0 Å². The second-order valence-electron chi connectivity index (χ2n) is 6.03. The summed E-state index contributed by atoms with van der Waals surface area (Å²) < 4.78 is 34.1. The lowest BCUT2D eigenvalue weighted by molar-refractivity contribution is 0.0116. The Balaban J connectivity index is 1.89. The molecule has 0 aliphatic heterocycles. The molecule has 3 heterocycles. The Bertz CT molecular complexity index is 1020. The maximum atomic E-state index is 14.2. The van der Waals surface area contributed by atoms with Crippen LogP contribution in [-0.4, -0.2) is 46.0 Å². The highest BCUT2D eigenvalue weighted by Gasteiger charge is 2.31. The van der Waals surface area contributed by atoms with E-state index in [0.717, 1.165) is 18.9 Å². The molecule has 3 aromatic rings. The molecule has 0 amide bonds. The molecular formula is C15H9B2BrF2N4O2. The SMILES string of the molecule is [B]C([B])(O)Oc1cc2ncc(-c3nc(Br)c(F)cc3F)n2nc1C1CC1. The van der Waals surface area contributed by atoms with Gasteiger partial charge in [0.25, 0.3) is 0 Å². The first-order chi connectivity index (χ1) is 12.2. The molecule has 0 bridgehead atoms. The lowest BCUT2D eigenvalue weighted by Gasteiger charge is -2.23. The smallest absolute Gasteiger partial charge is 0.158 e. The Kier molecular flexibility index (Phi) is 4.03. The third kappa shape index (κ3) is 3.21. The molecule has 0 aromatic carbocycles. The van der Waals surface area contributed by atoms with Gasteiger partial charge in [-0.15, -0.1) is 0 Å². The predicted molar refractivity (Wildman–Crippen MR) is 92.9 cm³/mol. The maximum absolute atomic E-state index is 14.2. The second-order valence-corrected chi connectivity index (χ2v) is 6.78. The third-order valence-electron chi connectivity index (χ3n) is 3.85. The van der Waals surface area contributed by atoms with Crippen LogP contribution < -0.4 is 4.74 Å². The predicted octanol–water partition coefficient (Wildman–Crippen LogP) is 2.03. The van der Waals surface area contributed by atoms with Crippen LogP contribution in [0.25, 0.3) is 17.0 Å². The fourth-order valence-electron chi connectivity index (χ4n) is 2.59. The maximum Gasteiger partial charge on any atom is 0.158 e. The van der Waals surface area contributed by atoms with Crippen molar-refractivity contribution in [2.75, 3.05) is 0 Å². The number of pyridine rings is 1. The number of imidazole rings is 1. The van der Waals surface area contributed by atoms with Crippen LogP contribution in [0.1, 0.15) is 24.5 Å². The molecule has 1 saturated carbocycles. The van der Waals surface area contributed by atoms with Crippen LogP contribution in [0, 0.1) is 11.6 Å². The van der Waals surface area contributed by atoms with E-state index in [-0.39, 0.29) is 27.7 Å². The van der Waals surface area contributed by atoms with Crippen LogP contribution in [0.4, 0.5) is 8.78 Å². The molecule has 4 rings (SSSR count). The van der Waals surface area contributed by atoms with Gasteiger partial charge in [0.2, 0.25) is 0 Å². The van der Waals surface area contributed by atoms with Crippen molar-refractivity contribution in [3.63, 3.8) is 0 Å². The van der Waals surface area contributed by atoms with Crippen molar-refractivity contribution >= 4 is 37.3 Å². The second kappa shape index (κ2) is 6.02. The van der Waals surface area contributed by atoms with Crippen molar-refractivity contribution in [2.24, 2.45) is 0 Å². The highest BCUT2D eigenvalue weighted by Crippen LogP contribution is 2.44. The number of ether oxygens (including phenoxy) is 1. The number of nitrogens with zero attached hydrogens (tertiary/aromatic N) is 4. The van der Waals surface area contributed by atoms with E-state index >= 15 is 0 Å². The molecule has 1 aliphatic carbocycles. The first-order valence-corrected chi connectivity index (χ1v) is 8.42. The minimum Gasteiger partial charge on any atom is -0.480 e. The summed E-state index contributed by atoms with van der Waals surface area (Å²) in [4.78, 5) is 8.03. The highest BCUT2D eigenvalue weighted by molar-refractivity contribution is 9.10. The van der Waals surface area contributed by atoms with Gasteiger partial charge < -0.3 is 9.84 Å². The number of aliphatic hydroxyl groups is 1. The van der Waals surface area contributed by atoms with Gasteiger partial charge in [0.15, 0.2) is 33.0 Å².